The van der Waals surface area contributed by atoms with Gasteiger partial charge >= 0.3 is 8.72 Å². The molecule has 0 aliphatic rings. The molecular weight excluding hydrogens is 226 g/mol. The SMILES string of the molecule is CN[Si](C)(O[Si](C)(C)C)O[Si](C)(C)C. The molecule has 0 bridgehead atoms. The number of hydrogen-bond acceptors (Lipinski definition) is 3. The third-order valence-corrected chi connectivity index (χ3v) is 10.4. The van der Waals surface area contributed by atoms with Crippen molar-refractivity contribution in [1.82, 2.24) is 4.98 Å². The molecule has 0 heterocycles. The Morgan fingerprint density at radius 3 is 1.14 bits per heavy atom. The zero-order valence-corrected chi connectivity index (χ0v) is 13.8. The Morgan fingerprint density at radius 1 is 0.714 bits per heavy atom. The van der Waals surface area contributed by atoms with Gasteiger partial charge in [0, 0.05) is 0 Å². The van der Waals surface area contributed by atoms with E-state index in [4.69, 9.17) is 8.23 Å². The third-order valence-electron chi connectivity index (χ3n) is 1.46. The molecule has 0 aromatic carbocycles. The maximum Gasteiger partial charge on any atom is 0.400 e. The highest BCUT2D eigenvalue weighted by Crippen LogP contribution is 2.17. The highest BCUT2D eigenvalue weighted by molar-refractivity contribution is 6.86. The molecule has 0 fully saturated rings. The Balaban J connectivity index is 4.49. The van der Waals surface area contributed by atoms with Gasteiger partial charge in [-0.25, -0.2) is 0 Å². The molecule has 0 rings (SSSR count). The molecule has 0 aliphatic carbocycles. The predicted molar refractivity (Wildman–Crippen MR) is 69.5 cm³/mol. The second kappa shape index (κ2) is 4.58. The van der Waals surface area contributed by atoms with Gasteiger partial charge in [0.25, 0.3) is 0 Å². The van der Waals surface area contributed by atoms with Crippen molar-refractivity contribution in [2.45, 2.75) is 45.8 Å². The van der Waals surface area contributed by atoms with E-state index in [-0.39, 0.29) is 0 Å². The van der Waals surface area contributed by atoms with E-state index in [9.17, 15) is 0 Å². The predicted octanol–water partition coefficient (Wildman–Crippen LogP) is 2.48. The molecule has 6 heteroatoms. The van der Waals surface area contributed by atoms with E-state index in [1.807, 2.05) is 7.05 Å². The van der Waals surface area contributed by atoms with Gasteiger partial charge in [0.15, 0.2) is 16.6 Å². The van der Waals surface area contributed by atoms with Crippen LogP contribution in [0.4, 0.5) is 0 Å². The van der Waals surface area contributed by atoms with Crippen LogP contribution < -0.4 is 4.98 Å². The van der Waals surface area contributed by atoms with E-state index in [1.54, 1.807) is 0 Å². The van der Waals surface area contributed by atoms with Gasteiger partial charge in [0.2, 0.25) is 0 Å². The first kappa shape index (κ1) is 14.5. The van der Waals surface area contributed by atoms with Crippen molar-refractivity contribution in [3.8, 4) is 0 Å². The Labute approximate surface area is 91.8 Å². The van der Waals surface area contributed by atoms with Crippen molar-refractivity contribution in [3.63, 3.8) is 0 Å². The molecular formula is C8H25NO2Si3. The summed E-state index contributed by atoms with van der Waals surface area (Å²) in [4.78, 5) is 3.26. The van der Waals surface area contributed by atoms with Gasteiger partial charge in [-0.1, -0.05) is 0 Å². The lowest BCUT2D eigenvalue weighted by atomic mass is 11.6. The van der Waals surface area contributed by atoms with E-state index in [2.05, 4.69) is 50.8 Å². The molecule has 0 amide bonds. The second-order valence-corrected chi connectivity index (χ2v) is 18.1. The molecule has 3 nitrogen and oxygen atoms in total. The summed E-state index contributed by atoms with van der Waals surface area (Å²) in [6.45, 7) is 15.3. The molecule has 86 valence electrons. The van der Waals surface area contributed by atoms with Crippen LogP contribution in [-0.2, 0) is 8.23 Å². The van der Waals surface area contributed by atoms with Crippen molar-refractivity contribution >= 4 is 25.4 Å². The van der Waals surface area contributed by atoms with E-state index in [0.29, 0.717) is 0 Å². The summed E-state index contributed by atoms with van der Waals surface area (Å²) < 4.78 is 12.3. The van der Waals surface area contributed by atoms with Crippen molar-refractivity contribution in [1.29, 1.82) is 0 Å². The minimum absolute atomic E-state index is 1.52. The molecule has 0 aliphatic heterocycles. The van der Waals surface area contributed by atoms with Crippen molar-refractivity contribution in [2.24, 2.45) is 0 Å². The first-order chi connectivity index (χ1) is 5.97. The van der Waals surface area contributed by atoms with Crippen molar-refractivity contribution in [3.05, 3.63) is 0 Å². The molecule has 0 saturated carbocycles. The minimum Gasteiger partial charge on any atom is -0.425 e. The lowest BCUT2D eigenvalue weighted by Gasteiger charge is -2.37. The van der Waals surface area contributed by atoms with E-state index in [0.717, 1.165) is 0 Å². The summed E-state index contributed by atoms with van der Waals surface area (Å²) in [5.41, 5.74) is 0. The molecule has 0 aromatic heterocycles. The van der Waals surface area contributed by atoms with Crippen LogP contribution in [0.5, 0.6) is 0 Å². The van der Waals surface area contributed by atoms with Gasteiger partial charge < -0.3 is 8.23 Å². The summed E-state index contributed by atoms with van der Waals surface area (Å²) in [6.07, 6.45) is 0. The van der Waals surface area contributed by atoms with Crippen LogP contribution in [0.1, 0.15) is 0 Å². The number of hydrogen-bond donors (Lipinski definition) is 1. The summed E-state index contributed by atoms with van der Waals surface area (Å²) in [5.74, 6) is 0. The normalized spacial score (nSPS) is 14.6. The standard InChI is InChI=1S/C8H25NO2Si3/c1-9-14(8,10-12(2,3)4)11-13(5,6)7/h9H,1-8H3. The van der Waals surface area contributed by atoms with Crippen LogP contribution in [0, 0.1) is 0 Å². The maximum atomic E-state index is 6.13. The molecule has 0 aromatic rings. The van der Waals surface area contributed by atoms with Gasteiger partial charge in [0.1, 0.15) is 0 Å². The van der Waals surface area contributed by atoms with Gasteiger partial charge in [-0.15, -0.1) is 0 Å². The molecule has 14 heavy (non-hydrogen) atoms. The van der Waals surface area contributed by atoms with Crippen LogP contribution in [0.25, 0.3) is 0 Å². The van der Waals surface area contributed by atoms with Gasteiger partial charge in [-0.3, -0.25) is 4.98 Å². The largest absolute Gasteiger partial charge is 0.425 e. The maximum absolute atomic E-state index is 6.13. The summed E-state index contributed by atoms with van der Waals surface area (Å²) in [5, 5.41) is 0. The topological polar surface area (TPSA) is 30.5 Å². The van der Waals surface area contributed by atoms with E-state index < -0.39 is 25.4 Å². The second-order valence-electron chi connectivity index (χ2n) is 5.62. The molecule has 0 unspecified atom stereocenters. The lowest BCUT2D eigenvalue weighted by molar-refractivity contribution is 0.371. The van der Waals surface area contributed by atoms with Crippen LogP contribution >= 0.6 is 0 Å². The van der Waals surface area contributed by atoms with E-state index in [1.165, 1.54) is 0 Å². The number of nitrogens with one attached hydrogen (secondary N) is 1. The summed E-state index contributed by atoms with van der Waals surface area (Å²) in [7, 11) is -3.22. The summed E-state index contributed by atoms with van der Waals surface area (Å²) >= 11 is 0. The molecule has 1 N–H and O–H groups in total. The fraction of sp³-hybridized carbons (Fsp3) is 1.00. The van der Waals surface area contributed by atoms with Crippen LogP contribution in [-0.4, -0.2) is 32.4 Å². The quantitative estimate of drug-likeness (QED) is 0.762. The summed E-state index contributed by atoms with van der Waals surface area (Å²) in [6, 6.07) is 0. The number of rotatable bonds is 5. The average Bonchev–Trinajstić information content (AvgIpc) is 1.78. The molecule has 0 radical (unpaired) electrons. The monoisotopic (exact) mass is 251 g/mol. The smallest absolute Gasteiger partial charge is 0.400 e. The minimum atomic E-state index is -2.12. The van der Waals surface area contributed by atoms with Crippen molar-refractivity contribution < 1.29 is 8.23 Å². The van der Waals surface area contributed by atoms with Crippen LogP contribution in [0.3, 0.4) is 0 Å². The van der Waals surface area contributed by atoms with Crippen molar-refractivity contribution in [2.75, 3.05) is 7.05 Å². The highest BCUT2D eigenvalue weighted by atomic mass is 28.5. The first-order valence-electron chi connectivity index (χ1n) is 5.07. The highest BCUT2D eigenvalue weighted by Gasteiger charge is 2.39. The lowest BCUT2D eigenvalue weighted by Crippen LogP contribution is -2.60. The van der Waals surface area contributed by atoms with Gasteiger partial charge in [-0.05, 0) is 52.9 Å². The first-order valence-corrected chi connectivity index (χ1v) is 14.2. The fourth-order valence-corrected chi connectivity index (χ4v) is 12.0. The van der Waals surface area contributed by atoms with E-state index >= 15 is 0 Å². The molecule has 0 saturated heterocycles. The molecule has 0 atom stereocenters. The van der Waals surface area contributed by atoms with Crippen LogP contribution in [0.2, 0.25) is 45.8 Å². The zero-order valence-electron chi connectivity index (χ0n) is 10.8. The Hall–Kier alpha value is 0.531. The Bertz CT molecular complexity index is 170. The Morgan fingerprint density at radius 2 is 1.00 bits per heavy atom. The third kappa shape index (κ3) is 6.91. The zero-order chi connectivity index (χ0) is 11.6. The Kier molecular flexibility index (Phi) is 4.76. The van der Waals surface area contributed by atoms with Gasteiger partial charge in [0.05, 0.1) is 0 Å². The average molecular weight is 252 g/mol. The molecule has 0 spiro atoms. The van der Waals surface area contributed by atoms with Gasteiger partial charge in [-0.2, -0.15) is 0 Å². The fourth-order valence-electron chi connectivity index (χ4n) is 1.29. The van der Waals surface area contributed by atoms with Crippen LogP contribution in [0.15, 0.2) is 0 Å².